The van der Waals surface area contributed by atoms with Crippen molar-refractivity contribution in [1.82, 2.24) is 4.90 Å². The molecular formula is C16H23NO4. The minimum Gasteiger partial charge on any atom is -0.389 e. The molecule has 5 nitrogen and oxygen atoms in total. The van der Waals surface area contributed by atoms with Crippen molar-refractivity contribution < 1.29 is 19.3 Å². The van der Waals surface area contributed by atoms with Crippen LogP contribution >= 0.6 is 0 Å². The zero-order chi connectivity index (χ0) is 15.1. The number of aliphatic hydroxyl groups excluding tert-OH is 1. The van der Waals surface area contributed by atoms with Crippen molar-refractivity contribution in [2.75, 3.05) is 34.3 Å². The van der Waals surface area contributed by atoms with E-state index in [1.165, 1.54) is 0 Å². The van der Waals surface area contributed by atoms with Crippen LogP contribution in [0.3, 0.4) is 0 Å². The highest BCUT2D eigenvalue weighted by Crippen LogP contribution is 2.23. The van der Waals surface area contributed by atoms with Crippen LogP contribution in [0.5, 0.6) is 0 Å². The fourth-order valence-corrected chi connectivity index (χ4v) is 2.57. The number of aliphatic hydroxyl groups is 1. The third-order valence-electron chi connectivity index (χ3n) is 3.52. The molecule has 0 aromatic heterocycles. The van der Waals surface area contributed by atoms with Gasteiger partial charge in [-0.25, -0.2) is 0 Å². The standard InChI is InChI=1S/C16H23NO4/c1-19-11-17-10-15(18)16(21-12-20-2)14(17)9-8-13-6-4-3-5-7-13/h3-9,14-16,18H,10-12H2,1-2H3/b9-8+/t14-,15?,16+/m0/s1. The predicted molar refractivity (Wildman–Crippen MR) is 80.6 cm³/mol. The Morgan fingerprint density at radius 1 is 1.24 bits per heavy atom. The third kappa shape index (κ3) is 4.36. The Balaban J connectivity index is 2.10. The van der Waals surface area contributed by atoms with Crippen LogP contribution in [0.25, 0.3) is 6.08 Å². The summed E-state index contributed by atoms with van der Waals surface area (Å²) in [5, 5.41) is 10.2. The summed E-state index contributed by atoms with van der Waals surface area (Å²) < 4.78 is 15.8. The average Bonchev–Trinajstić information content (AvgIpc) is 2.79. The van der Waals surface area contributed by atoms with Gasteiger partial charge in [0.15, 0.2) is 0 Å². The van der Waals surface area contributed by atoms with Gasteiger partial charge in [0, 0.05) is 20.8 Å². The van der Waals surface area contributed by atoms with Crippen LogP contribution in [0.1, 0.15) is 5.56 Å². The summed E-state index contributed by atoms with van der Waals surface area (Å²) in [4.78, 5) is 2.05. The van der Waals surface area contributed by atoms with Gasteiger partial charge >= 0.3 is 0 Å². The summed E-state index contributed by atoms with van der Waals surface area (Å²) in [6, 6.07) is 10.00. The van der Waals surface area contributed by atoms with Gasteiger partial charge in [0.25, 0.3) is 0 Å². The average molecular weight is 293 g/mol. The Morgan fingerprint density at radius 3 is 2.67 bits per heavy atom. The van der Waals surface area contributed by atoms with Gasteiger partial charge in [-0.15, -0.1) is 0 Å². The lowest BCUT2D eigenvalue weighted by atomic mass is 10.1. The second kappa shape index (κ2) is 8.26. The van der Waals surface area contributed by atoms with Crippen LogP contribution in [0, 0.1) is 0 Å². The molecule has 0 aliphatic carbocycles. The van der Waals surface area contributed by atoms with Crippen molar-refractivity contribution in [3.8, 4) is 0 Å². The molecule has 1 heterocycles. The molecule has 1 saturated heterocycles. The molecule has 21 heavy (non-hydrogen) atoms. The van der Waals surface area contributed by atoms with Crippen LogP contribution in [0.4, 0.5) is 0 Å². The molecule has 1 N–H and O–H groups in total. The van der Waals surface area contributed by atoms with Crippen LogP contribution < -0.4 is 0 Å². The Kier molecular flexibility index (Phi) is 6.35. The third-order valence-corrected chi connectivity index (χ3v) is 3.52. The number of benzene rings is 1. The zero-order valence-corrected chi connectivity index (χ0v) is 12.5. The number of rotatable bonds is 7. The largest absolute Gasteiger partial charge is 0.389 e. The molecule has 1 aliphatic rings. The van der Waals surface area contributed by atoms with Crippen molar-refractivity contribution in [3.05, 3.63) is 42.0 Å². The highest BCUT2D eigenvalue weighted by atomic mass is 16.7. The summed E-state index contributed by atoms with van der Waals surface area (Å²) in [6.45, 7) is 1.14. The first-order chi connectivity index (χ1) is 10.3. The summed E-state index contributed by atoms with van der Waals surface area (Å²) in [7, 11) is 3.22. The zero-order valence-electron chi connectivity index (χ0n) is 12.5. The number of ether oxygens (including phenoxy) is 3. The van der Waals surface area contributed by atoms with E-state index >= 15 is 0 Å². The molecule has 1 aliphatic heterocycles. The molecule has 0 radical (unpaired) electrons. The van der Waals surface area contributed by atoms with Crippen molar-refractivity contribution in [2.45, 2.75) is 18.2 Å². The minimum atomic E-state index is -0.555. The minimum absolute atomic E-state index is 0.0460. The molecule has 116 valence electrons. The van der Waals surface area contributed by atoms with Gasteiger partial charge < -0.3 is 19.3 Å². The van der Waals surface area contributed by atoms with Crippen molar-refractivity contribution in [1.29, 1.82) is 0 Å². The molecule has 0 bridgehead atoms. The van der Waals surface area contributed by atoms with Crippen molar-refractivity contribution >= 4 is 6.08 Å². The van der Waals surface area contributed by atoms with E-state index in [2.05, 4.69) is 0 Å². The molecule has 0 saturated carbocycles. The lowest BCUT2D eigenvalue weighted by Gasteiger charge is -2.24. The quantitative estimate of drug-likeness (QED) is 0.769. The molecule has 5 heteroatoms. The normalized spacial score (nSPS) is 26.7. The molecule has 3 atom stereocenters. The van der Waals surface area contributed by atoms with Crippen molar-refractivity contribution in [3.63, 3.8) is 0 Å². The van der Waals surface area contributed by atoms with Gasteiger partial charge in [-0.3, -0.25) is 4.90 Å². The van der Waals surface area contributed by atoms with E-state index in [1.807, 2.05) is 47.4 Å². The van der Waals surface area contributed by atoms with E-state index < -0.39 is 6.10 Å². The summed E-state index contributed by atoms with van der Waals surface area (Å²) in [5.74, 6) is 0. The lowest BCUT2D eigenvalue weighted by Crippen LogP contribution is -2.37. The van der Waals surface area contributed by atoms with Gasteiger partial charge in [0.2, 0.25) is 0 Å². The predicted octanol–water partition coefficient (Wildman–Crippen LogP) is 1.34. The maximum Gasteiger partial charge on any atom is 0.146 e. The summed E-state index contributed by atoms with van der Waals surface area (Å²) >= 11 is 0. The van der Waals surface area contributed by atoms with Crippen LogP contribution in [0.2, 0.25) is 0 Å². The second-order valence-electron chi connectivity index (χ2n) is 5.05. The maximum absolute atomic E-state index is 10.2. The highest BCUT2D eigenvalue weighted by Gasteiger charge is 2.40. The Labute approximate surface area is 125 Å². The Morgan fingerprint density at radius 2 is 2.00 bits per heavy atom. The molecule has 2 rings (SSSR count). The molecule has 0 spiro atoms. The number of likely N-dealkylation sites (tertiary alicyclic amines) is 1. The lowest BCUT2D eigenvalue weighted by molar-refractivity contribution is -0.104. The second-order valence-corrected chi connectivity index (χ2v) is 5.05. The Bertz CT molecular complexity index is 437. The first kappa shape index (κ1) is 16.1. The van der Waals surface area contributed by atoms with E-state index in [4.69, 9.17) is 14.2 Å². The van der Waals surface area contributed by atoms with Gasteiger partial charge in [-0.1, -0.05) is 42.5 Å². The Hall–Kier alpha value is -1.24. The van der Waals surface area contributed by atoms with Crippen LogP contribution in [-0.4, -0.2) is 62.5 Å². The smallest absolute Gasteiger partial charge is 0.146 e. The topological polar surface area (TPSA) is 51.2 Å². The first-order valence-electron chi connectivity index (χ1n) is 7.01. The molecule has 1 aromatic carbocycles. The maximum atomic E-state index is 10.2. The molecule has 1 fully saturated rings. The molecular weight excluding hydrogens is 270 g/mol. The number of hydrogen-bond acceptors (Lipinski definition) is 5. The summed E-state index contributed by atoms with van der Waals surface area (Å²) in [5.41, 5.74) is 1.11. The van der Waals surface area contributed by atoms with E-state index in [9.17, 15) is 5.11 Å². The molecule has 1 unspecified atom stereocenters. The molecule has 1 aromatic rings. The van der Waals surface area contributed by atoms with Gasteiger partial charge in [0.1, 0.15) is 12.9 Å². The van der Waals surface area contributed by atoms with E-state index in [0.717, 1.165) is 5.56 Å². The molecule has 0 amide bonds. The van der Waals surface area contributed by atoms with E-state index in [0.29, 0.717) is 13.3 Å². The number of β-amino-alcohol motifs (C(OH)–C–C–N with tert-alkyl or cyclic N) is 1. The number of hydrogen-bond donors (Lipinski definition) is 1. The monoisotopic (exact) mass is 293 g/mol. The van der Waals surface area contributed by atoms with Crippen molar-refractivity contribution in [2.24, 2.45) is 0 Å². The fourth-order valence-electron chi connectivity index (χ4n) is 2.57. The summed E-state index contributed by atoms with van der Waals surface area (Å²) in [6.07, 6.45) is 3.21. The van der Waals surface area contributed by atoms with Gasteiger partial charge in [0.05, 0.1) is 18.9 Å². The van der Waals surface area contributed by atoms with E-state index in [1.54, 1.807) is 14.2 Å². The van der Waals surface area contributed by atoms with Gasteiger partial charge in [-0.2, -0.15) is 0 Å². The number of nitrogens with zero attached hydrogens (tertiary/aromatic N) is 1. The first-order valence-corrected chi connectivity index (χ1v) is 7.01. The fraction of sp³-hybridized carbons (Fsp3) is 0.500. The number of methoxy groups -OCH3 is 2. The van der Waals surface area contributed by atoms with Crippen LogP contribution in [-0.2, 0) is 14.2 Å². The van der Waals surface area contributed by atoms with Crippen LogP contribution in [0.15, 0.2) is 36.4 Å². The SMILES string of the molecule is COCO[C@H]1C(O)CN(COC)[C@H]1/C=C/c1ccccc1. The van der Waals surface area contributed by atoms with Gasteiger partial charge in [-0.05, 0) is 5.56 Å². The highest BCUT2D eigenvalue weighted by molar-refractivity contribution is 5.49. The van der Waals surface area contributed by atoms with E-state index in [-0.39, 0.29) is 18.9 Å².